The third-order valence-electron chi connectivity index (χ3n) is 5.64. The van der Waals surface area contributed by atoms with E-state index in [1.165, 1.54) is 0 Å². The summed E-state index contributed by atoms with van der Waals surface area (Å²) in [5.74, 6) is 2.50. The van der Waals surface area contributed by atoms with E-state index in [1.54, 1.807) is 4.90 Å². The van der Waals surface area contributed by atoms with Crippen LogP contribution in [0.3, 0.4) is 0 Å². The molecular formula is C22H31N3O4. The van der Waals surface area contributed by atoms with E-state index in [-0.39, 0.29) is 17.4 Å². The number of carbonyl (C=O) groups is 2. The number of aliphatic hydroxyl groups is 1. The summed E-state index contributed by atoms with van der Waals surface area (Å²) in [4.78, 5) is 23.9. The molecule has 3 rings (SSSR count). The minimum absolute atomic E-state index is 0.0223. The van der Waals surface area contributed by atoms with Crippen molar-refractivity contribution >= 4 is 12.3 Å². The van der Waals surface area contributed by atoms with Crippen molar-refractivity contribution in [3.8, 4) is 12.3 Å². The van der Waals surface area contributed by atoms with Crippen LogP contribution in [0.4, 0.5) is 0 Å². The molecule has 0 bridgehead atoms. The second-order valence-corrected chi connectivity index (χ2v) is 7.81. The number of nitrogens with zero attached hydrogens (tertiary/aromatic N) is 1. The first-order valence-electron chi connectivity index (χ1n) is 9.92. The van der Waals surface area contributed by atoms with Crippen LogP contribution in [0.2, 0.25) is 0 Å². The van der Waals surface area contributed by atoms with E-state index in [9.17, 15) is 14.7 Å². The van der Waals surface area contributed by atoms with Gasteiger partial charge in [0, 0.05) is 38.4 Å². The lowest BCUT2D eigenvalue weighted by molar-refractivity contribution is -0.136. The van der Waals surface area contributed by atoms with Crippen LogP contribution in [-0.4, -0.2) is 60.8 Å². The lowest BCUT2D eigenvalue weighted by atomic mass is 9.75. The Labute approximate surface area is 172 Å². The van der Waals surface area contributed by atoms with Crippen LogP contribution in [-0.2, 0) is 20.9 Å². The van der Waals surface area contributed by atoms with E-state index in [1.807, 2.05) is 24.3 Å². The fourth-order valence-corrected chi connectivity index (χ4v) is 3.46. The monoisotopic (exact) mass is 401 g/mol. The molecule has 0 aliphatic carbocycles. The highest BCUT2D eigenvalue weighted by atomic mass is 16.5. The molecule has 2 heterocycles. The van der Waals surface area contributed by atoms with Crippen molar-refractivity contribution < 1.29 is 19.4 Å². The zero-order valence-corrected chi connectivity index (χ0v) is 17.0. The molecule has 0 spiro atoms. The maximum Gasteiger partial charge on any atom is 0.240 e. The number of ether oxygens (including phenoxy) is 1. The molecule has 0 radical (unpaired) electrons. The first kappa shape index (κ1) is 22.9. The average Bonchev–Trinajstić information content (AvgIpc) is 3.19. The standard InChI is InChI=1S/C12H22N2O3.C10H9NO/c1-12(3-6-17-7-4-12)10(13)11(16)14-5-2-9(15)8-14;1-2-9-3-5-10(6-4-9)7-11-8-12/h9-10,15H,2-8,13H2,1H3;1,3-6,8H,7H2,(H,11,12). The van der Waals surface area contributed by atoms with Gasteiger partial charge in [-0.15, -0.1) is 6.42 Å². The first-order chi connectivity index (χ1) is 13.9. The van der Waals surface area contributed by atoms with Crippen LogP contribution in [0.15, 0.2) is 24.3 Å². The second-order valence-electron chi connectivity index (χ2n) is 7.81. The van der Waals surface area contributed by atoms with Gasteiger partial charge in [-0.1, -0.05) is 25.0 Å². The van der Waals surface area contributed by atoms with E-state index in [2.05, 4.69) is 18.2 Å². The first-order valence-corrected chi connectivity index (χ1v) is 9.92. The largest absolute Gasteiger partial charge is 0.391 e. The molecule has 1 aromatic carbocycles. The molecule has 29 heavy (non-hydrogen) atoms. The van der Waals surface area contributed by atoms with E-state index >= 15 is 0 Å². The van der Waals surface area contributed by atoms with Crippen molar-refractivity contribution in [3.63, 3.8) is 0 Å². The molecule has 2 amide bonds. The minimum Gasteiger partial charge on any atom is -0.391 e. The van der Waals surface area contributed by atoms with Gasteiger partial charge in [0.2, 0.25) is 12.3 Å². The number of hydrogen-bond donors (Lipinski definition) is 3. The molecule has 2 atom stereocenters. The molecular weight excluding hydrogens is 370 g/mol. The Kier molecular flexibility index (Phi) is 8.65. The van der Waals surface area contributed by atoms with Crippen molar-refractivity contribution in [2.45, 2.75) is 44.9 Å². The van der Waals surface area contributed by atoms with Crippen LogP contribution in [0.25, 0.3) is 0 Å². The van der Waals surface area contributed by atoms with E-state index in [0.717, 1.165) is 24.0 Å². The summed E-state index contributed by atoms with van der Waals surface area (Å²) in [6, 6.07) is 7.01. The van der Waals surface area contributed by atoms with E-state index in [0.29, 0.717) is 45.7 Å². The molecule has 2 fully saturated rings. The van der Waals surface area contributed by atoms with Gasteiger partial charge in [-0.3, -0.25) is 9.59 Å². The van der Waals surface area contributed by atoms with Crippen LogP contribution in [0.5, 0.6) is 0 Å². The molecule has 7 heteroatoms. The Morgan fingerprint density at radius 3 is 2.62 bits per heavy atom. The summed E-state index contributed by atoms with van der Waals surface area (Å²) in [6.07, 6.45) is 7.80. The van der Waals surface area contributed by atoms with Gasteiger partial charge < -0.3 is 25.8 Å². The Morgan fingerprint density at radius 1 is 1.45 bits per heavy atom. The number of rotatable bonds is 5. The summed E-state index contributed by atoms with van der Waals surface area (Å²) in [7, 11) is 0. The van der Waals surface area contributed by atoms with Crippen molar-refractivity contribution in [3.05, 3.63) is 35.4 Å². The van der Waals surface area contributed by atoms with Gasteiger partial charge >= 0.3 is 0 Å². The van der Waals surface area contributed by atoms with Crippen molar-refractivity contribution in [1.29, 1.82) is 0 Å². The number of hydrogen-bond acceptors (Lipinski definition) is 5. The maximum absolute atomic E-state index is 12.2. The number of nitrogens with one attached hydrogen (secondary N) is 1. The molecule has 1 aromatic rings. The predicted octanol–water partition coefficient (Wildman–Crippen LogP) is 0.638. The number of β-amino-alcohol motifs (C(OH)–C–C–N with tert-alkyl or cyclic N) is 1. The SMILES string of the molecule is C#Cc1ccc(CNC=O)cc1.CC1(C(N)C(=O)N2CCC(O)C2)CCOCC1. The van der Waals surface area contributed by atoms with Crippen molar-refractivity contribution in [2.75, 3.05) is 26.3 Å². The van der Waals surface area contributed by atoms with Crippen LogP contribution in [0.1, 0.15) is 37.3 Å². The summed E-state index contributed by atoms with van der Waals surface area (Å²) in [5, 5.41) is 12.0. The van der Waals surface area contributed by atoms with Crippen molar-refractivity contribution in [2.24, 2.45) is 11.1 Å². The quantitative estimate of drug-likeness (QED) is 0.496. The van der Waals surface area contributed by atoms with Gasteiger partial charge in [0.1, 0.15) is 0 Å². The number of nitrogens with two attached hydrogens (primary N) is 1. The average molecular weight is 402 g/mol. The Bertz CT molecular complexity index is 708. The van der Waals surface area contributed by atoms with Gasteiger partial charge in [-0.05, 0) is 42.4 Å². The lowest BCUT2D eigenvalue weighted by Crippen LogP contribution is -2.53. The highest BCUT2D eigenvalue weighted by molar-refractivity contribution is 5.82. The second kappa shape index (κ2) is 11.0. The number of terminal acetylenes is 1. The maximum atomic E-state index is 12.2. The van der Waals surface area contributed by atoms with E-state index < -0.39 is 6.04 Å². The van der Waals surface area contributed by atoms with Gasteiger partial charge in [0.25, 0.3) is 0 Å². The topological polar surface area (TPSA) is 105 Å². The lowest BCUT2D eigenvalue weighted by Gasteiger charge is -2.39. The molecule has 0 aromatic heterocycles. The smallest absolute Gasteiger partial charge is 0.240 e. The molecule has 2 aliphatic heterocycles. The summed E-state index contributed by atoms with van der Waals surface area (Å²) in [6.45, 7) is 5.03. The highest BCUT2D eigenvalue weighted by Gasteiger charge is 2.40. The number of aliphatic hydroxyl groups excluding tert-OH is 1. The molecule has 7 nitrogen and oxygen atoms in total. The molecule has 2 saturated heterocycles. The number of benzene rings is 1. The number of carbonyl (C=O) groups excluding carboxylic acids is 2. The Balaban J connectivity index is 0.000000221. The molecule has 158 valence electrons. The fourth-order valence-electron chi connectivity index (χ4n) is 3.46. The fraction of sp³-hybridized carbons (Fsp3) is 0.545. The number of amides is 2. The van der Waals surface area contributed by atoms with Gasteiger partial charge in [-0.25, -0.2) is 0 Å². The van der Waals surface area contributed by atoms with Gasteiger partial charge in [0.05, 0.1) is 12.1 Å². The Hall–Kier alpha value is -2.40. The summed E-state index contributed by atoms with van der Waals surface area (Å²) < 4.78 is 5.32. The molecule has 2 aliphatic rings. The molecule has 2 unspecified atom stereocenters. The van der Waals surface area contributed by atoms with Crippen LogP contribution < -0.4 is 11.1 Å². The summed E-state index contributed by atoms with van der Waals surface area (Å²) >= 11 is 0. The Morgan fingerprint density at radius 2 is 2.10 bits per heavy atom. The summed E-state index contributed by atoms with van der Waals surface area (Å²) in [5.41, 5.74) is 7.85. The third-order valence-corrected chi connectivity index (χ3v) is 5.64. The van der Waals surface area contributed by atoms with Gasteiger partial charge in [-0.2, -0.15) is 0 Å². The highest BCUT2D eigenvalue weighted by Crippen LogP contribution is 2.33. The van der Waals surface area contributed by atoms with Crippen molar-refractivity contribution in [1.82, 2.24) is 10.2 Å². The van der Waals surface area contributed by atoms with Crippen LogP contribution in [0, 0.1) is 17.8 Å². The van der Waals surface area contributed by atoms with Crippen LogP contribution >= 0.6 is 0 Å². The minimum atomic E-state index is -0.475. The molecule has 0 saturated carbocycles. The zero-order chi connectivity index (χ0) is 21.3. The predicted molar refractivity (Wildman–Crippen MR) is 111 cm³/mol. The third kappa shape index (κ3) is 6.57. The number of likely N-dealkylation sites (tertiary alicyclic amines) is 1. The zero-order valence-electron chi connectivity index (χ0n) is 17.0. The van der Waals surface area contributed by atoms with Gasteiger partial charge in [0.15, 0.2) is 0 Å². The molecule has 4 N–H and O–H groups in total. The van der Waals surface area contributed by atoms with E-state index in [4.69, 9.17) is 16.9 Å². The normalized spacial score (nSPS) is 21.3.